The smallest absolute Gasteiger partial charge is 0.140 e. The van der Waals surface area contributed by atoms with Gasteiger partial charge in [-0.15, -0.1) is 0 Å². The second-order valence-electron chi connectivity index (χ2n) is 11.9. The largest absolute Gasteiger partial charge is 0.456 e. The Hall–Kier alpha value is -3.39. The first-order valence-corrected chi connectivity index (χ1v) is 12.2. The van der Waals surface area contributed by atoms with E-state index in [4.69, 9.17) is 9.72 Å². The van der Waals surface area contributed by atoms with Crippen molar-refractivity contribution in [3.63, 3.8) is 0 Å². The number of hydrogen-bond donors (Lipinski definition) is 0. The van der Waals surface area contributed by atoms with Gasteiger partial charge in [0.05, 0.1) is 11.1 Å². The van der Waals surface area contributed by atoms with Crippen LogP contribution < -0.4 is 4.74 Å². The van der Waals surface area contributed by atoms with Crippen LogP contribution in [0, 0.1) is 5.41 Å². The van der Waals surface area contributed by atoms with Crippen LogP contribution in [0.2, 0.25) is 0 Å². The lowest BCUT2D eigenvalue weighted by Gasteiger charge is -2.28. The summed E-state index contributed by atoms with van der Waals surface area (Å²) in [4.78, 5) is 4.92. The van der Waals surface area contributed by atoms with Crippen molar-refractivity contribution in [1.82, 2.24) is 4.98 Å². The lowest BCUT2D eigenvalue weighted by Crippen LogP contribution is -2.12. The van der Waals surface area contributed by atoms with Crippen molar-refractivity contribution in [3.8, 4) is 22.8 Å². The molecule has 0 bridgehead atoms. The Bertz CT molecular complexity index is 1610. The van der Waals surface area contributed by atoms with Gasteiger partial charge in [-0.1, -0.05) is 77.9 Å². The first-order valence-electron chi connectivity index (χ1n) is 12.2. The molecule has 0 unspecified atom stereocenters. The van der Waals surface area contributed by atoms with E-state index in [0.717, 1.165) is 34.6 Å². The van der Waals surface area contributed by atoms with Gasteiger partial charge in [-0.05, 0) is 74.0 Å². The fourth-order valence-electron chi connectivity index (χ4n) is 5.33. The van der Waals surface area contributed by atoms with Crippen LogP contribution in [0.25, 0.3) is 43.6 Å². The highest BCUT2D eigenvalue weighted by Gasteiger charge is 2.28. The first-order chi connectivity index (χ1) is 16.1. The highest BCUT2D eigenvalue weighted by atomic mass is 16.5. The Balaban J connectivity index is 1.71. The van der Waals surface area contributed by atoms with Crippen molar-refractivity contribution in [1.29, 1.82) is 0 Å². The second kappa shape index (κ2) is 7.06. The summed E-state index contributed by atoms with van der Waals surface area (Å²) in [5.41, 5.74) is 4.96. The predicted octanol–water partition coefficient (Wildman–Crippen LogP) is 9.20. The Labute approximate surface area is 201 Å². The molecule has 5 aromatic rings. The van der Waals surface area contributed by atoms with Gasteiger partial charge in [-0.3, -0.25) is 4.98 Å². The topological polar surface area (TPSA) is 22.1 Å². The molecule has 0 fully saturated rings. The van der Waals surface area contributed by atoms with E-state index in [9.17, 15) is 0 Å². The SMILES string of the molecule is CC(C)(C)Cc1c2c(cc3ccccc13)-c1nccc3c1c(cc1ccc(C(C)(C)C)cc13)O2. The minimum absolute atomic E-state index is 0.0932. The molecule has 34 heavy (non-hydrogen) atoms. The average molecular weight is 446 g/mol. The Morgan fingerprint density at radius 1 is 0.765 bits per heavy atom. The van der Waals surface area contributed by atoms with Crippen molar-refractivity contribution in [2.24, 2.45) is 5.41 Å². The Kier molecular flexibility index (Phi) is 4.39. The molecular weight excluding hydrogens is 414 g/mol. The molecule has 0 spiro atoms. The molecule has 0 N–H and O–H groups in total. The van der Waals surface area contributed by atoms with Crippen molar-refractivity contribution >= 4 is 32.3 Å². The normalized spacial score (nSPS) is 13.4. The molecule has 2 heterocycles. The molecular formula is C32H31NO. The van der Waals surface area contributed by atoms with Crippen LogP contribution in [0.1, 0.15) is 52.7 Å². The minimum Gasteiger partial charge on any atom is -0.456 e. The Morgan fingerprint density at radius 3 is 2.29 bits per heavy atom. The van der Waals surface area contributed by atoms with Crippen molar-refractivity contribution in [2.75, 3.05) is 0 Å². The number of rotatable bonds is 1. The maximum atomic E-state index is 6.80. The zero-order valence-electron chi connectivity index (χ0n) is 20.9. The fourth-order valence-corrected chi connectivity index (χ4v) is 5.33. The second-order valence-corrected chi connectivity index (χ2v) is 11.9. The van der Waals surface area contributed by atoms with Gasteiger partial charge in [0, 0.05) is 17.3 Å². The van der Waals surface area contributed by atoms with E-state index < -0.39 is 0 Å². The molecule has 6 rings (SSSR count). The van der Waals surface area contributed by atoms with Crippen molar-refractivity contribution in [3.05, 3.63) is 78.0 Å². The molecule has 0 saturated heterocycles. The van der Waals surface area contributed by atoms with Gasteiger partial charge >= 0.3 is 0 Å². The number of benzene rings is 4. The number of hydrogen-bond acceptors (Lipinski definition) is 2. The summed E-state index contributed by atoms with van der Waals surface area (Å²) in [7, 11) is 0. The van der Waals surface area contributed by atoms with Crippen LogP contribution in [0.3, 0.4) is 0 Å². The number of ether oxygens (including phenoxy) is 1. The van der Waals surface area contributed by atoms with Crippen LogP contribution in [0.4, 0.5) is 0 Å². The van der Waals surface area contributed by atoms with E-state index in [1.54, 1.807) is 0 Å². The minimum atomic E-state index is 0.0932. The third-order valence-electron chi connectivity index (χ3n) is 6.97. The van der Waals surface area contributed by atoms with Crippen LogP contribution >= 0.6 is 0 Å². The number of aromatic nitrogens is 1. The molecule has 0 saturated carbocycles. The molecule has 0 atom stereocenters. The molecule has 0 aliphatic carbocycles. The van der Waals surface area contributed by atoms with Gasteiger partial charge in [0.1, 0.15) is 11.5 Å². The van der Waals surface area contributed by atoms with E-state index in [-0.39, 0.29) is 10.8 Å². The first kappa shape index (κ1) is 21.2. The third-order valence-corrected chi connectivity index (χ3v) is 6.97. The van der Waals surface area contributed by atoms with Gasteiger partial charge in [0.25, 0.3) is 0 Å². The zero-order valence-corrected chi connectivity index (χ0v) is 20.9. The third kappa shape index (κ3) is 3.27. The van der Waals surface area contributed by atoms with E-state index in [1.807, 2.05) is 6.20 Å². The maximum absolute atomic E-state index is 6.80. The number of nitrogens with zero attached hydrogens (tertiary/aromatic N) is 1. The van der Waals surface area contributed by atoms with E-state index in [1.165, 1.54) is 38.1 Å². The van der Waals surface area contributed by atoms with Gasteiger partial charge in [-0.25, -0.2) is 0 Å². The molecule has 2 heteroatoms. The monoisotopic (exact) mass is 445 g/mol. The molecule has 1 aromatic heterocycles. The highest BCUT2D eigenvalue weighted by molar-refractivity contribution is 6.16. The van der Waals surface area contributed by atoms with Gasteiger partial charge in [0.2, 0.25) is 0 Å². The molecule has 0 radical (unpaired) electrons. The molecule has 0 amide bonds. The number of fused-ring (bicyclic) bond motifs is 5. The van der Waals surface area contributed by atoms with Gasteiger partial charge in [0.15, 0.2) is 0 Å². The molecule has 2 nitrogen and oxygen atoms in total. The summed E-state index contributed by atoms with van der Waals surface area (Å²) < 4.78 is 6.80. The van der Waals surface area contributed by atoms with E-state index >= 15 is 0 Å². The van der Waals surface area contributed by atoms with Crippen LogP contribution in [0.15, 0.2) is 66.9 Å². The van der Waals surface area contributed by atoms with Crippen molar-refractivity contribution in [2.45, 2.75) is 53.4 Å². The molecule has 4 aromatic carbocycles. The summed E-state index contributed by atoms with van der Waals surface area (Å²) in [5.74, 6) is 1.87. The summed E-state index contributed by atoms with van der Waals surface area (Å²) in [6, 6.07) is 22.1. The van der Waals surface area contributed by atoms with E-state index in [0.29, 0.717) is 0 Å². The maximum Gasteiger partial charge on any atom is 0.140 e. The fraction of sp³-hybridized carbons (Fsp3) is 0.281. The summed E-state index contributed by atoms with van der Waals surface area (Å²) in [6.07, 6.45) is 2.89. The number of pyridine rings is 1. The average Bonchev–Trinajstić information content (AvgIpc) is 2.78. The predicted molar refractivity (Wildman–Crippen MR) is 144 cm³/mol. The van der Waals surface area contributed by atoms with Crippen molar-refractivity contribution < 1.29 is 4.74 Å². The molecule has 170 valence electrons. The van der Waals surface area contributed by atoms with Gasteiger partial charge in [-0.2, -0.15) is 0 Å². The molecule has 1 aliphatic rings. The van der Waals surface area contributed by atoms with Crippen LogP contribution in [-0.2, 0) is 11.8 Å². The Morgan fingerprint density at radius 2 is 1.53 bits per heavy atom. The van der Waals surface area contributed by atoms with Crippen LogP contribution in [-0.4, -0.2) is 4.98 Å². The highest BCUT2D eigenvalue weighted by Crippen LogP contribution is 2.51. The standard InChI is InChI=1S/C32H31NO/c1-31(2,3)18-26-22-10-8-7-9-19(22)15-25-29-28-23(13-14-33-29)24-17-21(32(4,5)6)12-11-20(24)16-27(28)34-30(25)26/h7-17H,18H2,1-6H3. The summed E-state index contributed by atoms with van der Waals surface area (Å²) in [5, 5.41) is 7.29. The summed E-state index contributed by atoms with van der Waals surface area (Å²) >= 11 is 0. The van der Waals surface area contributed by atoms with Crippen LogP contribution in [0.5, 0.6) is 11.5 Å². The lowest BCUT2D eigenvalue weighted by atomic mass is 9.83. The quantitative estimate of drug-likeness (QED) is 0.235. The zero-order chi connectivity index (χ0) is 23.8. The summed E-state index contributed by atoms with van der Waals surface area (Å²) in [6.45, 7) is 13.7. The molecule has 1 aliphatic heterocycles. The van der Waals surface area contributed by atoms with Gasteiger partial charge < -0.3 is 4.74 Å². The van der Waals surface area contributed by atoms with E-state index in [2.05, 4.69) is 102 Å². The lowest BCUT2D eigenvalue weighted by molar-refractivity contribution is 0.400.